The Morgan fingerprint density at radius 2 is 1.79 bits per heavy atom. The maximum absolute atomic E-state index is 13.3. The lowest BCUT2D eigenvalue weighted by atomic mass is 10.1. The smallest absolute Gasteiger partial charge is 0.212 e. The van der Waals surface area contributed by atoms with Gasteiger partial charge in [0, 0.05) is 31.4 Å². The van der Waals surface area contributed by atoms with E-state index in [0.29, 0.717) is 64.0 Å². The van der Waals surface area contributed by atoms with Crippen LogP contribution in [0.4, 0.5) is 5.82 Å². The third-order valence-corrected chi connectivity index (χ3v) is 6.10. The molecule has 0 unspecified atom stereocenters. The van der Waals surface area contributed by atoms with Crippen LogP contribution in [0.5, 0.6) is 23.1 Å². The highest BCUT2D eigenvalue weighted by molar-refractivity contribution is 5.93. The molecule has 0 radical (unpaired) electrons. The number of benzene rings is 2. The number of nitrogens with one attached hydrogen (secondary N) is 1. The Kier molecular flexibility index (Phi) is 7.60. The predicted molar refractivity (Wildman–Crippen MR) is 151 cm³/mol. The van der Waals surface area contributed by atoms with Gasteiger partial charge in [0.15, 0.2) is 11.3 Å². The minimum atomic E-state index is -0.108. The molecule has 0 amide bonds. The molecule has 0 saturated heterocycles. The number of pyridine rings is 2. The number of ether oxygens (including phenoxy) is 3. The molecule has 0 spiro atoms. The van der Waals surface area contributed by atoms with E-state index in [4.69, 9.17) is 18.6 Å². The monoisotopic (exact) mass is 526 g/mol. The Balaban J connectivity index is 1.34. The number of fused-ring (bicyclic) bond motifs is 2. The molecular formula is C30H30N4O5. The molecule has 0 atom stereocenters. The number of nitrogens with zero attached hydrogens (tertiary/aromatic N) is 3. The summed E-state index contributed by atoms with van der Waals surface area (Å²) in [5.41, 5.74) is 2.68. The third-order valence-electron chi connectivity index (χ3n) is 6.10. The second-order valence-electron chi connectivity index (χ2n) is 9.42. The van der Waals surface area contributed by atoms with Crippen LogP contribution in [0.2, 0.25) is 0 Å². The van der Waals surface area contributed by atoms with Crippen LogP contribution < -0.4 is 25.0 Å². The molecule has 5 rings (SSSR count). The van der Waals surface area contributed by atoms with Gasteiger partial charge in [-0.3, -0.25) is 4.79 Å². The molecule has 0 saturated carbocycles. The summed E-state index contributed by atoms with van der Waals surface area (Å²) in [5.74, 6) is 2.90. The molecule has 0 aliphatic heterocycles. The van der Waals surface area contributed by atoms with Gasteiger partial charge in [-0.05, 0) is 68.5 Å². The summed E-state index contributed by atoms with van der Waals surface area (Å²) >= 11 is 0. The Hall–Kier alpha value is -4.63. The van der Waals surface area contributed by atoms with E-state index < -0.39 is 0 Å². The number of hydrogen-bond donors (Lipinski definition) is 1. The highest BCUT2D eigenvalue weighted by atomic mass is 16.5. The number of rotatable bonds is 10. The van der Waals surface area contributed by atoms with Gasteiger partial charge in [0.25, 0.3) is 0 Å². The van der Waals surface area contributed by atoms with Crippen LogP contribution in [-0.4, -0.2) is 49.2 Å². The van der Waals surface area contributed by atoms with Gasteiger partial charge < -0.3 is 28.8 Å². The van der Waals surface area contributed by atoms with Gasteiger partial charge in [0.05, 0.1) is 24.1 Å². The Labute approximate surface area is 226 Å². The van der Waals surface area contributed by atoms with Gasteiger partial charge in [-0.2, -0.15) is 0 Å². The Bertz CT molecular complexity index is 1650. The number of anilines is 1. The first-order valence-corrected chi connectivity index (χ1v) is 12.5. The van der Waals surface area contributed by atoms with Gasteiger partial charge >= 0.3 is 0 Å². The minimum absolute atomic E-state index is 0.108. The van der Waals surface area contributed by atoms with E-state index in [0.717, 1.165) is 17.7 Å². The summed E-state index contributed by atoms with van der Waals surface area (Å²) in [5, 5.41) is 4.23. The molecule has 200 valence electrons. The second-order valence-corrected chi connectivity index (χ2v) is 9.42. The molecule has 0 aliphatic rings. The number of methoxy groups -OCH3 is 1. The fourth-order valence-corrected chi connectivity index (χ4v) is 4.06. The van der Waals surface area contributed by atoms with Gasteiger partial charge in [-0.25, -0.2) is 9.97 Å². The van der Waals surface area contributed by atoms with Gasteiger partial charge in [-0.1, -0.05) is 6.07 Å². The standard InChI is InChI=1S/C30H30N4O5/c1-19-13-24-29(35)23-8-6-21(15-25(23)39-30(24)26(14-19)37-12-11-34(2)3)38-22-7-9-27(32-18-22)31-16-20-5-10-28(36-4)33-17-20/h5-10,13-15,17-18H,11-12,16H2,1-4H3,(H,31,32). The third kappa shape index (κ3) is 6.10. The largest absolute Gasteiger partial charge is 0.488 e. The van der Waals surface area contributed by atoms with E-state index >= 15 is 0 Å². The Morgan fingerprint density at radius 3 is 2.51 bits per heavy atom. The van der Waals surface area contributed by atoms with E-state index in [1.807, 2.05) is 62.3 Å². The lowest BCUT2D eigenvalue weighted by Gasteiger charge is -2.13. The highest BCUT2D eigenvalue weighted by Crippen LogP contribution is 2.31. The van der Waals surface area contributed by atoms with E-state index in [1.54, 1.807) is 37.7 Å². The average Bonchev–Trinajstić information content (AvgIpc) is 2.93. The zero-order valence-corrected chi connectivity index (χ0v) is 22.4. The fourth-order valence-electron chi connectivity index (χ4n) is 4.06. The first-order chi connectivity index (χ1) is 18.9. The lowest BCUT2D eigenvalue weighted by molar-refractivity contribution is 0.261. The molecule has 0 aliphatic carbocycles. The fraction of sp³-hybridized carbons (Fsp3) is 0.233. The highest BCUT2D eigenvalue weighted by Gasteiger charge is 2.14. The quantitative estimate of drug-likeness (QED) is 0.240. The maximum atomic E-state index is 13.3. The van der Waals surface area contributed by atoms with E-state index in [9.17, 15) is 4.79 Å². The molecule has 0 fully saturated rings. The molecule has 2 aromatic carbocycles. The zero-order chi connectivity index (χ0) is 27.4. The van der Waals surface area contributed by atoms with Crippen LogP contribution in [0, 0.1) is 6.92 Å². The molecule has 5 aromatic rings. The number of aryl methyl sites for hydroxylation is 1. The lowest BCUT2D eigenvalue weighted by Crippen LogP contribution is -2.19. The molecule has 0 bridgehead atoms. The summed E-state index contributed by atoms with van der Waals surface area (Å²) in [6.07, 6.45) is 3.39. The van der Waals surface area contributed by atoms with Crippen molar-refractivity contribution in [2.75, 3.05) is 39.7 Å². The molecule has 1 N–H and O–H groups in total. The van der Waals surface area contributed by atoms with Gasteiger partial charge in [-0.15, -0.1) is 0 Å². The first-order valence-electron chi connectivity index (χ1n) is 12.5. The van der Waals surface area contributed by atoms with Crippen LogP contribution in [-0.2, 0) is 6.54 Å². The van der Waals surface area contributed by atoms with Crippen molar-refractivity contribution in [1.82, 2.24) is 14.9 Å². The van der Waals surface area contributed by atoms with E-state index in [-0.39, 0.29) is 5.43 Å². The summed E-state index contributed by atoms with van der Waals surface area (Å²) in [4.78, 5) is 23.9. The predicted octanol–water partition coefficient (Wildman–Crippen LogP) is 5.40. The molecule has 9 nitrogen and oxygen atoms in total. The van der Waals surface area contributed by atoms with Crippen molar-refractivity contribution in [3.8, 4) is 23.1 Å². The average molecular weight is 527 g/mol. The van der Waals surface area contributed by atoms with E-state index in [2.05, 4.69) is 15.3 Å². The summed E-state index contributed by atoms with van der Waals surface area (Å²) in [7, 11) is 5.54. The number of likely N-dealkylation sites (N-methyl/N-ethyl adjacent to an activating group) is 1. The first kappa shape index (κ1) is 26.0. The van der Waals surface area contributed by atoms with Crippen molar-refractivity contribution >= 4 is 27.8 Å². The zero-order valence-electron chi connectivity index (χ0n) is 22.4. The molecular weight excluding hydrogens is 496 g/mol. The summed E-state index contributed by atoms with van der Waals surface area (Å²) < 4.78 is 23.3. The maximum Gasteiger partial charge on any atom is 0.212 e. The molecule has 3 aromatic heterocycles. The van der Waals surface area contributed by atoms with Crippen LogP contribution in [0.3, 0.4) is 0 Å². The Morgan fingerprint density at radius 1 is 0.949 bits per heavy atom. The van der Waals surface area contributed by atoms with Crippen molar-refractivity contribution in [3.63, 3.8) is 0 Å². The van der Waals surface area contributed by atoms with Gasteiger partial charge in [0.1, 0.15) is 29.5 Å². The number of hydrogen-bond acceptors (Lipinski definition) is 9. The van der Waals surface area contributed by atoms with E-state index in [1.165, 1.54) is 0 Å². The summed E-state index contributed by atoms with van der Waals surface area (Å²) in [6, 6.07) is 16.3. The normalized spacial score (nSPS) is 11.2. The van der Waals surface area contributed by atoms with Crippen LogP contribution in [0.1, 0.15) is 11.1 Å². The number of aromatic nitrogens is 2. The van der Waals surface area contributed by atoms with Crippen molar-refractivity contribution in [1.29, 1.82) is 0 Å². The van der Waals surface area contributed by atoms with Crippen LogP contribution in [0.15, 0.2) is 76.2 Å². The van der Waals surface area contributed by atoms with Crippen molar-refractivity contribution in [2.24, 2.45) is 0 Å². The molecule has 3 heterocycles. The van der Waals surface area contributed by atoms with Crippen LogP contribution >= 0.6 is 0 Å². The minimum Gasteiger partial charge on any atom is -0.488 e. The topological polar surface area (TPSA) is 99.0 Å². The SMILES string of the molecule is COc1ccc(CNc2ccc(Oc3ccc4c(=O)c5cc(C)cc(OCCN(C)C)c5oc4c3)cn2)cn1. The van der Waals surface area contributed by atoms with Crippen molar-refractivity contribution < 1.29 is 18.6 Å². The second kappa shape index (κ2) is 11.4. The van der Waals surface area contributed by atoms with Crippen molar-refractivity contribution in [3.05, 3.63) is 88.3 Å². The molecule has 39 heavy (non-hydrogen) atoms. The summed E-state index contributed by atoms with van der Waals surface area (Å²) in [6.45, 7) is 3.73. The van der Waals surface area contributed by atoms with Crippen LogP contribution in [0.25, 0.3) is 21.9 Å². The van der Waals surface area contributed by atoms with Crippen molar-refractivity contribution in [2.45, 2.75) is 13.5 Å². The van der Waals surface area contributed by atoms with Gasteiger partial charge in [0.2, 0.25) is 11.3 Å². The molecule has 9 heteroatoms.